The van der Waals surface area contributed by atoms with Crippen LogP contribution in [0.3, 0.4) is 0 Å². The van der Waals surface area contributed by atoms with Gasteiger partial charge in [0, 0.05) is 23.2 Å². The first-order valence-corrected chi connectivity index (χ1v) is 9.71. The molecular formula is C19H18ClN3OS. The van der Waals surface area contributed by atoms with Gasteiger partial charge in [0.2, 0.25) is 5.91 Å². The first-order chi connectivity index (χ1) is 12.2. The molecule has 1 aliphatic carbocycles. The summed E-state index contributed by atoms with van der Waals surface area (Å²) in [6, 6.07) is 9.60. The SMILES string of the molecule is N#Cc1ccc(NC(=O)CN2CCc3sccc3[C@@H]2C2CC2)cc1Cl. The van der Waals surface area contributed by atoms with Crippen LogP contribution in [0, 0.1) is 17.2 Å². The van der Waals surface area contributed by atoms with Crippen LogP contribution in [0.4, 0.5) is 5.69 Å². The van der Waals surface area contributed by atoms with Gasteiger partial charge in [0.15, 0.2) is 0 Å². The van der Waals surface area contributed by atoms with E-state index in [1.54, 1.807) is 18.2 Å². The van der Waals surface area contributed by atoms with Gasteiger partial charge in [-0.3, -0.25) is 9.69 Å². The first kappa shape index (κ1) is 16.6. The number of halogens is 1. The van der Waals surface area contributed by atoms with E-state index >= 15 is 0 Å². The molecule has 1 fully saturated rings. The number of rotatable bonds is 4. The number of amides is 1. The number of nitriles is 1. The van der Waals surface area contributed by atoms with E-state index in [4.69, 9.17) is 16.9 Å². The summed E-state index contributed by atoms with van der Waals surface area (Å²) in [5.41, 5.74) is 2.47. The van der Waals surface area contributed by atoms with Crippen LogP contribution >= 0.6 is 22.9 Å². The van der Waals surface area contributed by atoms with Gasteiger partial charge in [0.1, 0.15) is 6.07 Å². The van der Waals surface area contributed by atoms with Gasteiger partial charge in [-0.05, 0) is 60.4 Å². The quantitative estimate of drug-likeness (QED) is 0.875. The normalized spacial score (nSPS) is 19.9. The first-order valence-electron chi connectivity index (χ1n) is 8.45. The highest BCUT2D eigenvalue weighted by Gasteiger charge is 2.40. The van der Waals surface area contributed by atoms with Gasteiger partial charge in [-0.2, -0.15) is 5.26 Å². The number of hydrogen-bond donors (Lipinski definition) is 1. The Balaban J connectivity index is 1.45. The topological polar surface area (TPSA) is 56.1 Å². The monoisotopic (exact) mass is 371 g/mol. The van der Waals surface area contributed by atoms with E-state index in [-0.39, 0.29) is 5.91 Å². The van der Waals surface area contributed by atoms with Crippen molar-refractivity contribution in [3.05, 3.63) is 50.7 Å². The molecule has 1 atom stereocenters. The Hall–Kier alpha value is -1.87. The van der Waals surface area contributed by atoms with Crippen molar-refractivity contribution in [1.82, 2.24) is 4.90 Å². The van der Waals surface area contributed by atoms with Crippen LogP contribution < -0.4 is 5.32 Å². The molecule has 0 spiro atoms. The lowest BCUT2D eigenvalue weighted by molar-refractivity contribution is -0.118. The minimum absolute atomic E-state index is 0.0369. The van der Waals surface area contributed by atoms with E-state index in [1.165, 1.54) is 23.3 Å². The minimum atomic E-state index is -0.0369. The molecule has 1 amide bonds. The molecule has 25 heavy (non-hydrogen) atoms. The number of thiophene rings is 1. The fourth-order valence-corrected chi connectivity index (χ4v) is 4.74. The Morgan fingerprint density at radius 1 is 1.40 bits per heavy atom. The Bertz CT molecular complexity index is 853. The molecule has 2 aromatic rings. The van der Waals surface area contributed by atoms with Gasteiger partial charge in [0.05, 0.1) is 17.1 Å². The van der Waals surface area contributed by atoms with Gasteiger partial charge in [-0.25, -0.2) is 0 Å². The van der Waals surface area contributed by atoms with Crippen LogP contribution in [0.15, 0.2) is 29.6 Å². The number of carbonyl (C=O) groups is 1. The van der Waals surface area contributed by atoms with Crippen molar-refractivity contribution in [1.29, 1.82) is 5.26 Å². The summed E-state index contributed by atoms with van der Waals surface area (Å²) >= 11 is 7.87. The fraction of sp³-hybridized carbons (Fsp3) is 0.368. The zero-order chi connectivity index (χ0) is 17.4. The Morgan fingerprint density at radius 2 is 2.24 bits per heavy atom. The Kier molecular flexibility index (Phi) is 4.51. The number of benzene rings is 1. The van der Waals surface area contributed by atoms with Crippen molar-refractivity contribution in [2.24, 2.45) is 5.92 Å². The maximum atomic E-state index is 12.5. The standard InChI is InChI=1S/C19H18ClN3OS/c20-16-9-14(4-3-13(16)10-21)22-18(24)11-23-7-5-17-15(6-8-25-17)19(23)12-1-2-12/h3-4,6,8-9,12,19H,1-2,5,7,11H2,(H,22,24)/t19-/m0/s1. The molecule has 1 aromatic heterocycles. The molecule has 2 aliphatic rings. The highest BCUT2D eigenvalue weighted by atomic mass is 35.5. The van der Waals surface area contributed by atoms with Crippen molar-refractivity contribution in [2.75, 3.05) is 18.4 Å². The van der Waals surface area contributed by atoms with E-state index in [9.17, 15) is 4.79 Å². The lowest BCUT2D eigenvalue weighted by Gasteiger charge is -2.35. The van der Waals surface area contributed by atoms with Crippen molar-refractivity contribution in [3.63, 3.8) is 0 Å². The third-order valence-electron chi connectivity index (χ3n) is 4.91. The second kappa shape index (κ2) is 6.80. The van der Waals surface area contributed by atoms with Crippen molar-refractivity contribution in [3.8, 4) is 6.07 Å². The van der Waals surface area contributed by atoms with E-state index < -0.39 is 0 Å². The van der Waals surface area contributed by atoms with Gasteiger partial charge in [-0.1, -0.05) is 11.6 Å². The van der Waals surface area contributed by atoms with Gasteiger partial charge in [-0.15, -0.1) is 11.3 Å². The van der Waals surface area contributed by atoms with Crippen LogP contribution in [0.1, 0.15) is 34.9 Å². The number of carbonyl (C=O) groups excluding carboxylic acids is 1. The van der Waals surface area contributed by atoms with E-state index in [0.29, 0.717) is 34.8 Å². The van der Waals surface area contributed by atoms with Crippen LogP contribution in [0.25, 0.3) is 0 Å². The summed E-state index contributed by atoms with van der Waals surface area (Å²) in [4.78, 5) is 16.3. The van der Waals surface area contributed by atoms with Gasteiger partial charge < -0.3 is 5.32 Å². The highest BCUT2D eigenvalue weighted by Crippen LogP contribution is 2.48. The zero-order valence-corrected chi connectivity index (χ0v) is 15.2. The molecule has 0 radical (unpaired) electrons. The molecule has 1 N–H and O–H groups in total. The Labute approximate surface area is 156 Å². The summed E-state index contributed by atoms with van der Waals surface area (Å²) < 4.78 is 0. The summed E-state index contributed by atoms with van der Waals surface area (Å²) in [5, 5.41) is 14.4. The summed E-state index contributed by atoms with van der Waals surface area (Å²) in [5.74, 6) is 0.649. The van der Waals surface area contributed by atoms with E-state index in [2.05, 4.69) is 21.7 Å². The molecule has 4 rings (SSSR count). The Morgan fingerprint density at radius 3 is 2.96 bits per heavy atom. The summed E-state index contributed by atoms with van der Waals surface area (Å²) in [7, 11) is 0. The minimum Gasteiger partial charge on any atom is -0.325 e. The fourth-order valence-electron chi connectivity index (χ4n) is 3.61. The number of anilines is 1. The molecular weight excluding hydrogens is 354 g/mol. The second-order valence-corrected chi connectivity index (χ2v) is 8.06. The van der Waals surface area contributed by atoms with Crippen LogP contribution in [0.2, 0.25) is 5.02 Å². The molecule has 128 valence electrons. The number of fused-ring (bicyclic) bond motifs is 1. The second-order valence-electron chi connectivity index (χ2n) is 6.66. The third kappa shape index (κ3) is 3.43. The molecule has 1 aromatic carbocycles. The van der Waals surface area contributed by atoms with Gasteiger partial charge in [0.25, 0.3) is 0 Å². The molecule has 1 aliphatic heterocycles. The van der Waals surface area contributed by atoms with E-state index in [0.717, 1.165) is 13.0 Å². The lowest BCUT2D eigenvalue weighted by atomic mass is 9.96. The number of hydrogen-bond acceptors (Lipinski definition) is 4. The molecule has 2 heterocycles. The van der Waals surface area contributed by atoms with Crippen molar-refractivity contribution < 1.29 is 4.79 Å². The van der Waals surface area contributed by atoms with E-state index in [1.807, 2.05) is 17.4 Å². The number of nitrogens with one attached hydrogen (secondary N) is 1. The predicted molar refractivity (Wildman–Crippen MR) is 99.9 cm³/mol. The smallest absolute Gasteiger partial charge is 0.238 e. The lowest BCUT2D eigenvalue weighted by Crippen LogP contribution is -2.41. The molecule has 1 saturated carbocycles. The zero-order valence-electron chi connectivity index (χ0n) is 13.7. The highest BCUT2D eigenvalue weighted by molar-refractivity contribution is 7.10. The molecule has 0 saturated heterocycles. The summed E-state index contributed by atoms with van der Waals surface area (Å²) in [6.45, 7) is 1.31. The van der Waals surface area contributed by atoms with Crippen LogP contribution in [-0.2, 0) is 11.2 Å². The maximum absolute atomic E-state index is 12.5. The van der Waals surface area contributed by atoms with Crippen LogP contribution in [0.5, 0.6) is 0 Å². The molecule has 6 heteroatoms. The largest absolute Gasteiger partial charge is 0.325 e. The molecule has 0 bridgehead atoms. The maximum Gasteiger partial charge on any atom is 0.238 e. The summed E-state index contributed by atoms with van der Waals surface area (Å²) in [6.07, 6.45) is 3.53. The van der Waals surface area contributed by atoms with Crippen LogP contribution in [-0.4, -0.2) is 23.9 Å². The van der Waals surface area contributed by atoms with Crippen molar-refractivity contribution in [2.45, 2.75) is 25.3 Å². The predicted octanol–water partition coefficient (Wildman–Crippen LogP) is 4.22. The average Bonchev–Trinajstić information content (AvgIpc) is 3.31. The van der Waals surface area contributed by atoms with Crippen molar-refractivity contribution >= 4 is 34.5 Å². The van der Waals surface area contributed by atoms with Gasteiger partial charge >= 0.3 is 0 Å². The average molecular weight is 372 g/mol. The third-order valence-corrected chi connectivity index (χ3v) is 6.22. The molecule has 4 nitrogen and oxygen atoms in total. The molecule has 0 unspecified atom stereocenters. The number of nitrogens with zero attached hydrogens (tertiary/aromatic N) is 2.